The van der Waals surface area contributed by atoms with Gasteiger partial charge in [-0.05, 0) is 46.7 Å². The van der Waals surface area contributed by atoms with Crippen LogP contribution in [0.3, 0.4) is 0 Å². The molecular formula is C12H14INO3. The van der Waals surface area contributed by atoms with Crippen LogP contribution >= 0.6 is 22.6 Å². The van der Waals surface area contributed by atoms with Gasteiger partial charge in [0.1, 0.15) is 12.4 Å². The van der Waals surface area contributed by atoms with E-state index in [-0.39, 0.29) is 18.6 Å². The van der Waals surface area contributed by atoms with E-state index in [1.165, 1.54) is 5.56 Å². The monoisotopic (exact) mass is 347 g/mol. The molecule has 1 heterocycles. The molecule has 5 heteroatoms. The zero-order valence-electron chi connectivity index (χ0n) is 9.53. The average Bonchev–Trinajstić information content (AvgIpc) is 2.29. The summed E-state index contributed by atoms with van der Waals surface area (Å²) in [6.45, 7) is 0.755. The van der Waals surface area contributed by atoms with Gasteiger partial charge in [-0.25, -0.2) is 0 Å². The number of methoxy groups -OCH3 is 1. The fourth-order valence-corrected chi connectivity index (χ4v) is 2.64. The summed E-state index contributed by atoms with van der Waals surface area (Å²) in [4.78, 5) is 11.2. The average molecular weight is 347 g/mol. The van der Waals surface area contributed by atoms with Crippen LogP contribution < -0.4 is 10.1 Å². The third-order valence-electron chi connectivity index (χ3n) is 2.62. The number of hydrogen-bond acceptors (Lipinski definition) is 3. The van der Waals surface area contributed by atoms with E-state index >= 15 is 0 Å². The van der Waals surface area contributed by atoms with Gasteiger partial charge in [0.05, 0.1) is 23.3 Å². The fraction of sp³-hybridized carbons (Fsp3) is 0.417. The lowest BCUT2D eigenvalue weighted by Crippen LogP contribution is -2.46. The van der Waals surface area contributed by atoms with E-state index in [0.717, 1.165) is 15.7 Å². The van der Waals surface area contributed by atoms with E-state index in [0.29, 0.717) is 6.61 Å². The molecule has 0 spiro atoms. The molecule has 92 valence electrons. The quantitative estimate of drug-likeness (QED) is 0.840. The van der Waals surface area contributed by atoms with Crippen molar-refractivity contribution in [2.24, 2.45) is 0 Å². The van der Waals surface area contributed by atoms with E-state index in [9.17, 15) is 4.79 Å². The van der Waals surface area contributed by atoms with Gasteiger partial charge in [-0.2, -0.15) is 0 Å². The standard InChI is InChI=1S/C12H14INO3/c1-16-11-3-2-8(5-10(11)13)4-9-6-17-7-12(15)14-9/h2-3,5,9H,4,6-7H2,1H3,(H,14,15)/t9-/m1/s1. The Hall–Kier alpha value is -0.820. The second-order valence-corrected chi connectivity index (χ2v) is 5.11. The third kappa shape index (κ3) is 3.32. The largest absolute Gasteiger partial charge is 0.496 e. The highest BCUT2D eigenvalue weighted by atomic mass is 127. The van der Waals surface area contributed by atoms with E-state index in [1.54, 1.807) is 7.11 Å². The summed E-state index contributed by atoms with van der Waals surface area (Å²) in [5.74, 6) is 0.836. The maximum absolute atomic E-state index is 11.2. The van der Waals surface area contributed by atoms with Gasteiger partial charge in [0, 0.05) is 0 Å². The maximum atomic E-state index is 11.2. The summed E-state index contributed by atoms with van der Waals surface area (Å²) in [6.07, 6.45) is 0.783. The van der Waals surface area contributed by atoms with Crippen LogP contribution in [0.2, 0.25) is 0 Å². The Kier molecular flexibility index (Phi) is 4.22. The summed E-state index contributed by atoms with van der Waals surface area (Å²) in [5.41, 5.74) is 1.17. The van der Waals surface area contributed by atoms with Gasteiger partial charge in [-0.15, -0.1) is 0 Å². The van der Waals surface area contributed by atoms with Gasteiger partial charge in [0.25, 0.3) is 0 Å². The summed E-state index contributed by atoms with van der Waals surface area (Å²) in [7, 11) is 1.66. The molecule has 17 heavy (non-hydrogen) atoms. The van der Waals surface area contributed by atoms with Gasteiger partial charge in [0.15, 0.2) is 0 Å². The second kappa shape index (κ2) is 5.68. The number of nitrogens with one attached hydrogen (secondary N) is 1. The van der Waals surface area contributed by atoms with Crippen LogP contribution in [0, 0.1) is 3.57 Å². The van der Waals surface area contributed by atoms with Gasteiger partial charge < -0.3 is 14.8 Å². The minimum Gasteiger partial charge on any atom is -0.496 e. The van der Waals surface area contributed by atoms with Crippen LogP contribution in [0.25, 0.3) is 0 Å². The number of halogens is 1. The Morgan fingerprint density at radius 3 is 3.06 bits per heavy atom. The number of hydrogen-bond donors (Lipinski definition) is 1. The third-order valence-corrected chi connectivity index (χ3v) is 3.46. The normalized spacial score (nSPS) is 19.9. The zero-order valence-corrected chi connectivity index (χ0v) is 11.7. The van der Waals surface area contributed by atoms with Gasteiger partial charge >= 0.3 is 0 Å². The summed E-state index contributed by atoms with van der Waals surface area (Å²) in [6, 6.07) is 6.10. The van der Waals surface area contributed by atoms with E-state index in [4.69, 9.17) is 9.47 Å². The molecule has 0 aromatic heterocycles. The van der Waals surface area contributed by atoms with Gasteiger partial charge in [-0.3, -0.25) is 4.79 Å². The number of rotatable bonds is 3. The molecule has 1 N–H and O–H groups in total. The van der Waals surface area contributed by atoms with E-state index in [2.05, 4.69) is 34.0 Å². The Morgan fingerprint density at radius 1 is 1.59 bits per heavy atom. The molecule has 4 nitrogen and oxygen atoms in total. The number of morpholine rings is 1. The van der Waals surface area contributed by atoms with Crippen molar-refractivity contribution in [1.82, 2.24) is 5.32 Å². The fourth-order valence-electron chi connectivity index (χ4n) is 1.84. The number of carbonyl (C=O) groups excluding carboxylic acids is 1. The first-order chi connectivity index (χ1) is 8.19. The summed E-state index contributed by atoms with van der Waals surface area (Å²) >= 11 is 2.24. The summed E-state index contributed by atoms with van der Waals surface area (Å²) < 4.78 is 11.5. The highest BCUT2D eigenvalue weighted by Gasteiger charge is 2.19. The Balaban J connectivity index is 2.03. The predicted octanol–water partition coefficient (Wildman–Crippen LogP) is 1.36. The lowest BCUT2D eigenvalue weighted by atomic mass is 10.1. The predicted molar refractivity (Wildman–Crippen MR) is 72.2 cm³/mol. The minimum atomic E-state index is -0.0375. The number of benzene rings is 1. The van der Waals surface area contributed by atoms with Crippen molar-refractivity contribution < 1.29 is 14.3 Å². The van der Waals surface area contributed by atoms with Crippen LogP contribution in [0.15, 0.2) is 18.2 Å². The van der Waals surface area contributed by atoms with Crippen molar-refractivity contribution in [3.8, 4) is 5.75 Å². The van der Waals surface area contributed by atoms with Crippen molar-refractivity contribution in [2.45, 2.75) is 12.5 Å². The van der Waals surface area contributed by atoms with Crippen LogP contribution in [0.5, 0.6) is 5.75 Å². The Morgan fingerprint density at radius 2 is 2.41 bits per heavy atom. The molecule has 0 radical (unpaired) electrons. The Bertz CT molecular complexity index is 422. The van der Waals surface area contributed by atoms with Crippen LogP contribution in [-0.2, 0) is 16.0 Å². The van der Waals surface area contributed by atoms with Crippen molar-refractivity contribution in [2.75, 3.05) is 20.3 Å². The molecule has 1 aromatic rings. The van der Waals surface area contributed by atoms with Crippen LogP contribution in [0.4, 0.5) is 0 Å². The summed E-state index contributed by atoms with van der Waals surface area (Å²) in [5, 5.41) is 2.92. The number of amides is 1. The molecule has 2 rings (SSSR count). The SMILES string of the molecule is COc1ccc(C[C@@H]2COCC(=O)N2)cc1I. The topological polar surface area (TPSA) is 47.6 Å². The van der Waals surface area contributed by atoms with Crippen molar-refractivity contribution in [1.29, 1.82) is 0 Å². The highest BCUT2D eigenvalue weighted by Crippen LogP contribution is 2.22. The molecule has 0 unspecified atom stereocenters. The first-order valence-corrected chi connectivity index (χ1v) is 6.46. The number of carbonyl (C=O) groups is 1. The van der Waals surface area contributed by atoms with Gasteiger partial charge in [0.2, 0.25) is 5.91 Å². The smallest absolute Gasteiger partial charge is 0.246 e. The van der Waals surface area contributed by atoms with Gasteiger partial charge in [-0.1, -0.05) is 6.07 Å². The molecule has 0 aliphatic carbocycles. The van der Waals surface area contributed by atoms with Crippen molar-refractivity contribution >= 4 is 28.5 Å². The minimum absolute atomic E-state index is 0.0375. The van der Waals surface area contributed by atoms with Crippen LogP contribution in [-0.4, -0.2) is 32.3 Å². The Labute approximate surface area is 114 Å². The first-order valence-electron chi connectivity index (χ1n) is 5.38. The van der Waals surface area contributed by atoms with E-state index in [1.807, 2.05) is 12.1 Å². The van der Waals surface area contributed by atoms with Crippen molar-refractivity contribution in [3.05, 3.63) is 27.3 Å². The molecule has 1 saturated heterocycles. The molecule has 1 atom stereocenters. The number of ether oxygens (including phenoxy) is 2. The lowest BCUT2D eigenvalue weighted by molar-refractivity contribution is -0.131. The highest BCUT2D eigenvalue weighted by molar-refractivity contribution is 14.1. The molecular weight excluding hydrogens is 333 g/mol. The zero-order chi connectivity index (χ0) is 12.3. The molecule has 1 aliphatic rings. The second-order valence-electron chi connectivity index (χ2n) is 3.95. The van der Waals surface area contributed by atoms with Crippen molar-refractivity contribution in [3.63, 3.8) is 0 Å². The van der Waals surface area contributed by atoms with Crippen LogP contribution in [0.1, 0.15) is 5.56 Å². The lowest BCUT2D eigenvalue weighted by Gasteiger charge is -2.23. The molecule has 1 aliphatic heterocycles. The maximum Gasteiger partial charge on any atom is 0.246 e. The molecule has 1 aromatic carbocycles. The molecule has 1 fully saturated rings. The molecule has 1 amide bonds. The molecule has 0 bridgehead atoms. The first kappa shape index (κ1) is 12.6. The molecule has 0 saturated carbocycles. The van der Waals surface area contributed by atoms with E-state index < -0.39 is 0 Å².